The monoisotopic (exact) mass is 285 g/mol. The molecule has 1 aromatic carbocycles. The van der Waals surface area contributed by atoms with Gasteiger partial charge in [-0.15, -0.1) is 0 Å². The number of ether oxygens (including phenoxy) is 1. The number of halogens is 1. The molecule has 16 heavy (non-hydrogen) atoms. The second-order valence-corrected chi connectivity index (χ2v) is 3.97. The normalized spacial score (nSPS) is 9.62. The van der Waals surface area contributed by atoms with E-state index >= 15 is 0 Å². The van der Waals surface area contributed by atoms with Gasteiger partial charge in [0.1, 0.15) is 0 Å². The SMILES string of the molecule is CCCC(=O)OC(=O)Nc1ccccc1Br. The van der Waals surface area contributed by atoms with Gasteiger partial charge in [0.05, 0.1) is 5.69 Å². The van der Waals surface area contributed by atoms with Crippen LogP contribution in [-0.4, -0.2) is 12.1 Å². The molecular formula is C11H12BrNO3. The van der Waals surface area contributed by atoms with E-state index in [1.54, 1.807) is 18.2 Å². The fraction of sp³-hybridized carbons (Fsp3) is 0.273. The van der Waals surface area contributed by atoms with Crippen molar-refractivity contribution < 1.29 is 14.3 Å². The Balaban J connectivity index is 2.52. The average molecular weight is 286 g/mol. The standard InChI is InChI=1S/C11H12BrNO3/c1-2-5-10(14)16-11(15)13-9-7-4-3-6-8(9)12/h3-4,6-7H,2,5H2,1H3,(H,13,15). The molecule has 0 fully saturated rings. The Hall–Kier alpha value is -1.36. The van der Waals surface area contributed by atoms with Crippen LogP contribution in [0.2, 0.25) is 0 Å². The van der Waals surface area contributed by atoms with Crippen molar-refractivity contribution in [2.24, 2.45) is 0 Å². The Kier molecular flexibility index (Phi) is 4.98. The number of para-hydroxylation sites is 1. The highest BCUT2D eigenvalue weighted by molar-refractivity contribution is 9.10. The summed E-state index contributed by atoms with van der Waals surface area (Å²) in [6, 6.07) is 7.08. The molecule has 0 spiro atoms. The number of carbonyl (C=O) groups excluding carboxylic acids is 2. The van der Waals surface area contributed by atoms with E-state index in [9.17, 15) is 9.59 Å². The van der Waals surface area contributed by atoms with Crippen molar-refractivity contribution in [3.05, 3.63) is 28.7 Å². The molecule has 1 aromatic rings. The lowest BCUT2D eigenvalue weighted by Gasteiger charge is -2.06. The van der Waals surface area contributed by atoms with Crippen LogP contribution < -0.4 is 5.32 Å². The van der Waals surface area contributed by atoms with Crippen LogP contribution in [0.4, 0.5) is 10.5 Å². The summed E-state index contributed by atoms with van der Waals surface area (Å²) < 4.78 is 5.27. The first-order chi connectivity index (χ1) is 7.63. The Morgan fingerprint density at radius 1 is 1.38 bits per heavy atom. The molecule has 1 N–H and O–H groups in total. The number of amides is 1. The highest BCUT2D eigenvalue weighted by Crippen LogP contribution is 2.21. The predicted molar refractivity (Wildman–Crippen MR) is 64.2 cm³/mol. The lowest BCUT2D eigenvalue weighted by Crippen LogP contribution is -2.18. The van der Waals surface area contributed by atoms with Crippen LogP contribution in [0.25, 0.3) is 0 Å². The maximum absolute atomic E-state index is 11.3. The third kappa shape index (κ3) is 4.02. The summed E-state index contributed by atoms with van der Waals surface area (Å²) in [5.74, 6) is -0.521. The molecule has 1 rings (SSSR count). The number of hydrogen-bond acceptors (Lipinski definition) is 3. The predicted octanol–water partition coefficient (Wildman–Crippen LogP) is 3.32. The topological polar surface area (TPSA) is 55.4 Å². The Bertz CT molecular complexity index is 393. The van der Waals surface area contributed by atoms with Crippen molar-refractivity contribution in [2.45, 2.75) is 19.8 Å². The molecule has 0 aliphatic rings. The molecule has 0 aliphatic carbocycles. The molecule has 86 valence electrons. The maximum Gasteiger partial charge on any atom is 0.419 e. The van der Waals surface area contributed by atoms with E-state index in [0.29, 0.717) is 12.1 Å². The summed E-state index contributed by atoms with van der Waals surface area (Å²) >= 11 is 3.27. The zero-order valence-corrected chi connectivity index (χ0v) is 10.4. The van der Waals surface area contributed by atoms with Gasteiger partial charge in [-0.25, -0.2) is 4.79 Å². The van der Waals surface area contributed by atoms with Gasteiger partial charge in [-0.1, -0.05) is 19.1 Å². The van der Waals surface area contributed by atoms with Gasteiger partial charge in [-0.2, -0.15) is 0 Å². The van der Waals surface area contributed by atoms with Gasteiger partial charge in [0.2, 0.25) is 0 Å². The maximum atomic E-state index is 11.3. The van der Waals surface area contributed by atoms with Crippen LogP contribution in [0.1, 0.15) is 19.8 Å². The Morgan fingerprint density at radius 2 is 2.06 bits per heavy atom. The molecule has 0 saturated heterocycles. The second-order valence-electron chi connectivity index (χ2n) is 3.12. The summed E-state index contributed by atoms with van der Waals surface area (Å²) in [6.07, 6.45) is 0.134. The van der Waals surface area contributed by atoms with Crippen LogP contribution in [0.5, 0.6) is 0 Å². The zero-order chi connectivity index (χ0) is 12.0. The van der Waals surface area contributed by atoms with Crippen LogP contribution in [-0.2, 0) is 9.53 Å². The molecule has 0 saturated carbocycles. The number of rotatable bonds is 3. The number of nitrogens with one attached hydrogen (secondary N) is 1. The molecule has 0 unspecified atom stereocenters. The molecule has 0 heterocycles. The molecule has 0 aliphatic heterocycles. The van der Waals surface area contributed by atoms with Crippen molar-refractivity contribution in [3.63, 3.8) is 0 Å². The van der Waals surface area contributed by atoms with Crippen molar-refractivity contribution in [1.82, 2.24) is 0 Å². The summed E-state index contributed by atoms with van der Waals surface area (Å²) in [5, 5.41) is 2.47. The molecule has 4 nitrogen and oxygen atoms in total. The van der Waals surface area contributed by atoms with E-state index in [4.69, 9.17) is 0 Å². The van der Waals surface area contributed by atoms with Crippen LogP contribution >= 0.6 is 15.9 Å². The number of carbonyl (C=O) groups is 2. The highest BCUT2D eigenvalue weighted by Gasteiger charge is 2.10. The molecule has 0 atom stereocenters. The molecule has 1 amide bonds. The first-order valence-electron chi connectivity index (χ1n) is 4.89. The summed E-state index contributed by atoms with van der Waals surface area (Å²) in [6.45, 7) is 1.84. The van der Waals surface area contributed by atoms with E-state index in [1.165, 1.54) is 0 Å². The van der Waals surface area contributed by atoms with Crippen LogP contribution in [0.3, 0.4) is 0 Å². The minimum atomic E-state index is -0.759. The fourth-order valence-electron chi connectivity index (χ4n) is 1.06. The van der Waals surface area contributed by atoms with Gasteiger partial charge in [0.15, 0.2) is 0 Å². The lowest BCUT2D eigenvalue weighted by molar-refractivity contribution is -0.136. The Morgan fingerprint density at radius 3 is 2.69 bits per heavy atom. The van der Waals surface area contributed by atoms with Crippen LogP contribution in [0, 0.1) is 0 Å². The van der Waals surface area contributed by atoms with Gasteiger partial charge >= 0.3 is 12.1 Å². The first kappa shape index (κ1) is 12.7. The lowest BCUT2D eigenvalue weighted by atomic mass is 10.3. The molecule has 5 heteroatoms. The van der Waals surface area contributed by atoms with Gasteiger partial charge in [0.25, 0.3) is 0 Å². The quantitative estimate of drug-likeness (QED) is 0.685. The van der Waals surface area contributed by atoms with Crippen LogP contribution in [0.15, 0.2) is 28.7 Å². The number of anilines is 1. The number of benzene rings is 1. The summed E-state index contributed by atoms with van der Waals surface area (Å²) in [4.78, 5) is 22.3. The number of esters is 1. The van der Waals surface area contributed by atoms with Gasteiger partial charge in [-0.3, -0.25) is 10.1 Å². The van der Waals surface area contributed by atoms with Crippen molar-refractivity contribution in [1.29, 1.82) is 0 Å². The molecule has 0 aromatic heterocycles. The van der Waals surface area contributed by atoms with E-state index in [0.717, 1.165) is 4.47 Å². The smallest absolute Gasteiger partial charge is 0.376 e. The first-order valence-corrected chi connectivity index (χ1v) is 5.69. The summed E-state index contributed by atoms with van der Waals surface area (Å²) in [5.41, 5.74) is 0.566. The van der Waals surface area contributed by atoms with E-state index in [1.807, 2.05) is 13.0 Å². The fourth-order valence-corrected chi connectivity index (χ4v) is 1.44. The van der Waals surface area contributed by atoms with Crippen molar-refractivity contribution in [2.75, 3.05) is 5.32 Å². The number of hydrogen-bond donors (Lipinski definition) is 1. The third-order valence-corrected chi connectivity index (χ3v) is 2.46. The van der Waals surface area contributed by atoms with Gasteiger partial charge < -0.3 is 4.74 Å². The highest BCUT2D eigenvalue weighted by atomic mass is 79.9. The molecule has 0 radical (unpaired) electrons. The van der Waals surface area contributed by atoms with Crippen molar-refractivity contribution in [3.8, 4) is 0 Å². The molecule has 0 bridgehead atoms. The summed E-state index contributed by atoms with van der Waals surface area (Å²) in [7, 11) is 0. The molecular weight excluding hydrogens is 274 g/mol. The average Bonchev–Trinajstić information content (AvgIpc) is 2.21. The van der Waals surface area contributed by atoms with E-state index in [2.05, 4.69) is 26.0 Å². The van der Waals surface area contributed by atoms with E-state index in [-0.39, 0.29) is 6.42 Å². The largest absolute Gasteiger partial charge is 0.419 e. The van der Waals surface area contributed by atoms with Crippen molar-refractivity contribution >= 4 is 33.7 Å². The zero-order valence-electron chi connectivity index (χ0n) is 8.83. The van der Waals surface area contributed by atoms with Gasteiger partial charge in [-0.05, 0) is 34.5 Å². The third-order valence-electron chi connectivity index (χ3n) is 1.77. The van der Waals surface area contributed by atoms with Gasteiger partial charge in [0, 0.05) is 10.9 Å². The second kappa shape index (κ2) is 6.27. The Labute approximate surface area is 102 Å². The minimum absolute atomic E-state index is 0.239. The minimum Gasteiger partial charge on any atom is -0.376 e. The van der Waals surface area contributed by atoms with E-state index < -0.39 is 12.1 Å².